The third kappa shape index (κ3) is 4.16. The van der Waals surface area contributed by atoms with Crippen LogP contribution >= 0.6 is 0 Å². The summed E-state index contributed by atoms with van der Waals surface area (Å²) in [6, 6.07) is 16.4. The first-order valence-electron chi connectivity index (χ1n) is 10.7. The Morgan fingerprint density at radius 2 is 1.94 bits per heavy atom. The SMILES string of the molecule is C[C@H]1COCCN1c1cc(CS(=O)(=O)c2ccccc2)nc(-c2ccc3c(c2)N=CC3)n1. The first kappa shape index (κ1) is 20.8. The second-order valence-corrected chi connectivity index (χ2v) is 10.1. The number of rotatable bonds is 5. The van der Waals surface area contributed by atoms with Crippen LogP contribution in [0, 0.1) is 0 Å². The molecule has 0 amide bonds. The lowest BCUT2D eigenvalue weighted by Gasteiger charge is -2.34. The molecule has 0 N–H and O–H groups in total. The van der Waals surface area contributed by atoms with Crippen LogP contribution in [0.4, 0.5) is 11.5 Å². The molecule has 1 atom stereocenters. The highest BCUT2D eigenvalue weighted by molar-refractivity contribution is 7.90. The molecule has 32 heavy (non-hydrogen) atoms. The minimum Gasteiger partial charge on any atom is -0.377 e. The van der Waals surface area contributed by atoms with Crippen molar-refractivity contribution < 1.29 is 13.2 Å². The maximum absolute atomic E-state index is 13.0. The van der Waals surface area contributed by atoms with Gasteiger partial charge in [0.25, 0.3) is 0 Å². The Balaban J connectivity index is 1.57. The number of nitrogens with zero attached hydrogens (tertiary/aromatic N) is 4. The Morgan fingerprint density at radius 3 is 2.75 bits per heavy atom. The summed E-state index contributed by atoms with van der Waals surface area (Å²) in [4.78, 5) is 16.3. The standard InChI is InChI=1S/C24H24N4O3S/c1-17-15-31-12-11-28(17)23-14-20(16-32(29,30)21-5-3-2-4-6-21)26-24(27-23)19-8-7-18-9-10-25-22(18)13-19/h2-8,10,13-14,17H,9,11-12,15-16H2,1H3/t17-/m0/s1. The molecule has 0 bridgehead atoms. The molecule has 2 aliphatic heterocycles. The molecule has 3 aromatic rings. The molecule has 164 valence electrons. The van der Waals surface area contributed by atoms with Crippen molar-refractivity contribution in [1.29, 1.82) is 0 Å². The van der Waals surface area contributed by atoms with E-state index in [9.17, 15) is 8.42 Å². The summed E-state index contributed by atoms with van der Waals surface area (Å²) >= 11 is 0. The van der Waals surface area contributed by atoms with Crippen LogP contribution in [0.2, 0.25) is 0 Å². The average molecular weight is 449 g/mol. The Morgan fingerprint density at radius 1 is 1.09 bits per heavy atom. The molecule has 1 aromatic heterocycles. The fourth-order valence-corrected chi connectivity index (χ4v) is 5.32. The topological polar surface area (TPSA) is 84.8 Å². The lowest BCUT2D eigenvalue weighted by atomic mass is 10.1. The minimum atomic E-state index is -3.54. The lowest BCUT2D eigenvalue weighted by Crippen LogP contribution is -2.44. The zero-order valence-corrected chi connectivity index (χ0v) is 18.6. The highest BCUT2D eigenvalue weighted by atomic mass is 32.2. The second-order valence-electron chi connectivity index (χ2n) is 8.09. The van der Waals surface area contributed by atoms with E-state index >= 15 is 0 Å². The number of hydrogen-bond donors (Lipinski definition) is 0. The number of sulfone groups is 1. The molecule has 3 heterocycles. The van der Waals surface area contributed by atoms with E-state index in [2.05, 4.69) is 21.8 Å². The van der Waals surface area contributed by atoms with Gasteiger partial charge in [-0.25, -0.2) is 18.4 Å². The molecular weight excluding hydrogens is 424 g/mol. The van der Waals surface area contributed by atoms with Crippen molar-refractivity contribution in [2.75, 3.05) is 24.7 Å². The summed E-state index contributed by atoms with van der Waals surface area (Å²) in [5, 5.41) is 0. The smallest absolute Gasteiger partial charge is 0.184 e. The van der Waals surface area contributed by atoms with Gasteiger partial charge in [-0.1, -0.05) is 30.3 Å². The zero-order valence-electron chi connectivity index (χ0n) is 17.8. The van der Waals surface area contributed by atoms with Gasteiger partial charge in [0.2, 0.25) is 0 Å². The molecule has 0 saturated carbocycles. The van der Waals surface area contributed by atoms with E-state index in [1.807, 2.05) is 24.4 Å². The van der Waals surface area contributed by atoms with Crippen molar-refractivity contribution in [2.45, 2.75) is 30.0 Å². The van der Waals surface area contributed by atoms with Crippen LogP contribution < -0.4 is 4.90 Å². The molecular formula is C24H24N4O3S. The molecule has 2 aromatic carbocycles. The first-order valence-corrected chi connectivity index (χ1v) is 12.3. The Labute approximate surface area is 187 Å². The molecule has 7 nitrogen and oxygen atoms in total. The van der Waals surface area contributed by atoms with Gasteiger partial charge >= 0.3 is 0 Å². The van der Waals surface area contributed by atoms with E-state index in [-0.39, 0.29) is 16.7 Å². The Bertz CT molecular complexity index is 1280. The van der Waals surface area contributed by atoms with Crippen LogP contribution in [0.5, 0.6) is 0 Å². The summed E-state index contributed by atoms with van der Waals surface area (Å²) in [7, 11) is -3.54. The van der Waals surface area contributed by atoms with Gasteiger partial charge in [0, 0.05) is 30.8 Å². The molecule has 0 aliphatic carbocycles. The van der Waals surface area contributed by atoms with Crippen molar-refractivity contribution in [3.63, 3.8) is 0 Å². The van der Waals surface area contributed by atoms with Gasteiger partial charge in [-0.3, -0.25) is 4.99 Å². The molecule has 5 rings (SSSR count). The van der Waals surface area contributed by atoms with E-state index in [1.54, 1.807) is 36.4 Å². The van der Waals surface area contributed by atoms with Crippen LogP contribution in [-0.4, -0.2) is 50.4 Å². The van der Waals surface area contributed by atoms with Crippen LogP contribution in [0.25, 0.3) is 11.4 Å². The number of fused-ring (bicyclic) bond motifs is 1. The van der Waals surface area contributed by atoms with Crippen LogP contribution in [-0.2, 0) is 26.7 Å². The largest absolute Gasteiger partial charge is 0.377 e. The number of benzene rings is 2. The number of hydrogen-bond acceptors (Lipinski definition) is 7. The molecule has 0 radical (unpaired) electrons. The normalized spacial score (nSPS) is 18.0. The van der Waals surface area contributed by atoms with Crippen LogP contribution in [0.3, 0.4) is 0 Å². The fourth-order valence-electron chi connectivity index (χ4n) is 4.04. The van der Waals surface area contributed by atoms with Gasteiger partial charge in [-0.15, -0.1) is 0 Å². The Hall–Kier alpha value is -3.10. The number of ether oxygens (including phenoxy) is 1. The Kier molecular flexibility index (Phi) is 5.48. The number of aliphatic imine (C=N–C) groups is 1. The average Bonchev–Trinajstić information content (AvgIpc) is 3.27. The maximum Gasteiger partial charge on any atom is 0.184 e. The van der Waals surface area contributed by atoms with Gasteiger partial charge in [0.1, 0.15) is 5.82 Å². The van der Waals surface area contributed by atoms with E-state index in [0.717, 1.165) is 17.7 Å². The predicted octanol–water partition coefficient (Wildman–Crippen LogP) is 3.60. The third-order valence-electron chi connectivity index (χ3n) is 5.75. The van der Waals surface area contributed by atoms with Crippen LogP contribution in [0.1, 0.15) is 18.2 Å². The van der Waals surface area contributed by atoms with Crippen molar-refractivity contribution in [3.05, 3.63) is 65.9 Å². The summed E-state index contributed by atoms with van der Waals surface area (Å²) < 4.78 is 31.7. The fraction of sp³-hybridized carbons (Fsp3) is 0.292. The summed E-state index contributed by atoms with van der Waals surface area (Å²) in [6.45, 7) is 3.97. The van der Waals surface area contributed by atoms with Gasteiger partial charge in [0.05, 0.1) is 41.3 Å². The highest BCUT2D eigenvalue weighted by Gasteiger charge is 2.24. The number of aromatic nitrogens is 2. The van der Waals surface area contributed by atoms with Gasteiger partial charge < -0.3 is 9.64 Å². The van der Waals surface area contributed by atoms with Crippen molar-refractivity contribution in [3.8, 4) is 11.4 Å². The molecule has 0 spiro atoms. The molecule has 1 fully saturated rings. The molecule has 1 saturated heterocycles. The van der Waals surface area contributed by atoms with Gasteiger partial charge in [-0.2, -0.15) is 0 Å². The van der Waals surface area contributed by atoms with E-state index in [0.29, 0.717) is 37.1 Å². The second kappa shape index (κ2) is 8.44. The first-order chi connectivity index (χ1) is 15.5. The maximum atomic E-state index is 13.0. The number of morpholine rings is 1. The summed E-state index contributed by atoms with van der Waals surface area (Å²) in [5.74, 6) is 1.03. The van der Waals surface area contributed by atoms with Crippen molar-refractivity contribution in [1.82, 2.24) is 9.97 Å². The van der Waals surface area contributed by atoms with Crippen molar-refractivity contribution in [2.24, 2.45) is 4.99 Å². The van der Waals surface area contributed by atoms with Gasteiger partial charge in [-0.05, 0) is 30.7 Å². The quantitative estimate of drug-likeness (QED) is 0.593. The van der Waals surface area contributed by atoms with E-state index in [1.165, 1.54) is 5.56 Å². The van der Waals surface area contributed by atoms with Crippen molar-refractivity contribution >= 4 is 27.6 Å². The number of anilines is 1. The minimum absolute atomic E-state index is 0.134. The van der Waals surface area contributed by atoms with Gasteiger partial charge in [0.15, 0.2) is 15.7 Å². The molecule has 0 unspecified atom stereocenters. The van der Waals surface area contributed by atoms with E-state index in [4.69, 9.17) is 9.72 Å². The summed E-state index contributed by atoms with van der Waals surface area (Å²) in [6.07, 6.45) is 2.71. The highest BCUT2D eigenvalue weighted by Crippen LogP contribution is 2.31. The molecule has 8 heteroatoms. The predicted molar refractivity (Wildman–Crippen MR) is 124 cm³/mol. The van der Waals surface area contributed by atoms with E-state index < -0.39 is 9.84 Å². The third-order valence-corrected chi connectivity index (χ3v) is 7.42. The molecule has 2 aliphatic rings. The summed E-state index contributed by atoms with van der Waals surface area (Å²) in [5.41, 5.74) is 3.37. The lowest BCUT2D eigenvalue weighted by molar-refractivity contribution is 0.0985. The monoisotopic (exact) mass is 448 g/mol. The van der Waals surface area contributed by atoms with Crippen LogP contribution in [0.15, 0.2) is 64.5 Å². The zero-order chi connectivity index (χ0) is 22.1.